The predicted molar refractivity (Wildman–Crippen MR) is 72.6 cm³/mol. The molecule has 100 valence electrons. The lowest BCUT2D eigenvalue weighted by atomic mass is 10.1. The van der Waals surface area contributed by atoms with Crippen LogP contribution in [0.15, 0.2) is 6.33 Å². The number of primary amides is 1. The summed E-state index contributed by atoms with van der Waals surface area (Å²) in [6.45, 7) is 6.20. The van der Waals surface area contributed by atoms with Gasteiger partial charge in [0.25, 0.3) is 0 Å². The molecule has 0 unspecified atom stereocenters. The van der Waals surface area contributed by atoms with E-state index in [1.54, 1.807) is 0 Å². The fourth-order valence-electron chi connectivity index (χ4n) is 1.86. The van der Waals surface area contributed by atoms with Crippen molar-refractivity contribution in [3.05, 3.63) is 11.9 Å². The molecular formula is C12H21N5O. The summed E-state index contributed by atoms with van der Waals surface area (Å²) in [5.74, 6) is 1.19. The summed E-state index contributed by atoms with van der Waals surface area (Å²) >= 11 is 0. The normalized spacial score (nSPS) is 10.5. The van der Waals surface area contributed by atoms with Gasteiger partial charge < -0.3 is 16.0 Å². The molecule has 1 amide bonds. The number of aromatic nitrogens is 2. The molecule has 1 rings (SSSR count). The van der Waals surface area contributed by atoms with E-state index in [9.17, 15) is 4.79 Å². The molecule has 0 fully saturated rings. The van der Waals surface area contributed by atoms with E-state index in [0.717, 1.165) is 23.6 Å². The average molecular weight is 251 g/mol. The molecule has 6 nitrogen and oxygen atoms in total. The number of amides is 1. The first-order chi connectivity index (χ1) is 8.51. The molecule has 0 radical (unpaired) electrons. The summed E-state index contributed by atoms with van der Waals surface area (Å²) in [5.41, 5.74) is 6.29. The van der Waals surface area contributed by atoms with E-state index in [0.29, 0.717) is 0 Å². The van der Waals surface area contributed by atoms with Crippen LogP contribution in [0.4, 0.5) is 11.6 Å². The lowest BCUT2D eigenvalue weighted by Gasteiger charge is -2.28. The van der Waals surface area contributed by atoms with Crippen LogP contribution in [0.25, 0.3) is 0 Å². The molecule has 0 bridgehead atoms. The third-order valence-electron chi connectivity index (χ3n) is 2.73. The summed E-state index contributed by atoms with van der Waals surface area (Å²) < 4.78 is 0. The third-order valence-corrected chi connectivity index (χ3v) is 2.73. The first-order valence-electron chi connectivity index (χ1n) is 6.07. The highest BCUT2D eigenvalue weighted by Crippen LogP contribution is 2.24. The molecule has 0 aliphatic heterocycles. The number of rotatable bonds is 6. The zero-order valence-corrected chi connectivity index (χ0v) is 11.4. The van der Waals surface area contributed by atoms with Crippen LogP contribution in [0.2, 0.25) is 0 Å². The Morgan fingerprint density at radius 3 is 2.61 bits per heavy atom. The van der Waals surface area contributed by atoms with Crippen LogP contribution in [-0.2, 0) is 11.2 Å². The maximum absolute atomic E-state index is 11.2. The standard InChI is InChI=1S/C12H21N5O/c1-5-9-11(14-4)15-7-16-12(9)17(8(2)3)6-10(13)18/h7-8H,5-6H2,1-4H3,(H2,13,18)(H,14,15,16). The van der Waals surface area contributed by atoms with Crippen molar-refractivity contribution in [1.29, 1.82) is 0 Å². The molecule has 0 aromatic carbocycles. The van der Waals surface area contributed by atoms with Gasteiger partial charge in [-0.05, 0) is 20.3 Å². The molecule has 0 saturated carbocycles. The van der Waals surface area contributed by atoms with Gasteiger partial charge in [-0.15, -0.1) is 0 Å². The number of nitrogens with one attached hydrogen (secondary N) is 1. The van der Waals surface area contributed by atoms with E-state index in [1.165, 1.54) is 6.33 Å². The van der Waals surface area contributed by atoms with Crippen LogP contribution < -0.4 is 16.0 Å². The van der Waals surface area contributed by atoms with E-state index in [1.807, 2.05) is 32.7 Å². The van der Waals surface area contributed by atoms with Gasteiger partial charge in [0.05, 0.1) is 6.54 Å². The van der Waals surface area contributed by atoms with Gasteiger partial charge in [-0.25, -0.2) is 9.97 Å². The quantitative estimate of drug-likeness (QED) is 0.780. The van der Waals surface area contributed by atoms with Gasteiger partial charge in [0.1, 0.15) is 18.0 Å². The first-order valence-corrected chi connectivity index (χ1v) is 6.07. The predicted octanol–water partition coefficient (Wildman–Crippen LogP) is 0.781. The zero-order valence-electron chi connectivity index (χ0n) is 11.4. The van der Waals surface area contributed by atoms with Gasteiger partial charge in [-0.1, -0.05) is 6.92 Å². The van der Waals surface area contributed by atoms with Gasteiger partial charge in [0, 0.05) is 18.7 Å². The minimum atomic E-state index is -0.365. The molecule has 3 N–H and O–H groups in total. The fraction of sp³-hybridized carbons (Fsp3) is 0.583. The average Bonchev–Trinajstić information content (AvgIpc) is 2.34. The van der Waals surface area contributed by atoms with Crippen molar-refractivity contribution in [2.45, 2.75) is 33.2 Å². The Bertz CT molecular complexity index is 419. The molecule has 0 aliphatic carbocycles. The van der Waals surface area contributed by atoms with E-state index >= 15 is 0 Å². The third kappa shape index (κ3) is 3.09. The van der Waals surface area contributed by atoms with Crippen molar-refractivity contribution >= 4 is 17.5 Å². The smallest absolute Gasteiger partial charge is 0.237 e. The van der Waals surface area contributed by atoms with Crippen molar-refractivity contribution in [3.63, 3.8) is 0 Å². The molecule has 18 heavy (non-hydrogen) atoms. The lowest BCUT2D eigenvalue weighted by molar-refractivity contribution is -0.116. The molecular weight excluding hydrogens is 230 g/mol. The van der Waals surface area contributed by atoms with E-state index in [-0.39, 0.29) is 18.5 Å². The zero-order chi connectivity index (χ0) is 13.7. The fourth-order valence-corrected chi connectivity index (χ4v) is 1.86. The minimum absolute atomic E-state index is 0.141. The van der Waals surface area contributed by atoms with Crippen molar-refractivity contribution in [2.75, 3.05) is 23.8 Å². The molecule has 1 heterocycles. The van der Waals surface area contributed by atoms with Gasteiger partial charge >= 0.3 is 0 Å². The number of nitrogens with zero attached hydrogens (tertiary/aromatic N) is 3. The maximum Gasteiger partial charge on any atom is 0.237 e. The number of carbonyl (C=O) groups is 1. The summed E-state index contributed by atoms with van der Waals surface area (Å²) in [6, 6.07) is 0.141. The SMILES string of the molecule is CCc1c(NC)ncnc1N(CC(N)=O)C(C)C. The highest BCUT2D eigenvalue weighted by atomic mass is 16.1. The molecule has 0 atom stereocenters. The van der Waals surface area contributed by atoms with E-state index < -0.39 is 0 Å². The Labute approximate surface area is 108 Å². The summed E-state index contributed by atoms with van der Waals surface area (Å²) in [5, 5.41) is 3.04. The maximum atomic E-state index is 11.2. The minimum Gasteiger partial charge on any atom is -0.373 e. The van der Waals surface area contributed by atoms with Crippen molar-refractivity contribution < 1.29 is 4.79 Å². The number of hydrogen-bond acceptors (Lipinski definition) is 5. The van der Waals surface area contributed by atoms with Crippen LogP contribution in [-0.4, -0.2) is 35.5 Å². The van der Waals surface area contributed by atoms with Crippen LogP contribution in [0, 0.1) is 0 Å². The number of carbonyl (C=O) groups excluding carboxylic acids is 1. The molecule has 1 aromatic heterocycles. The molecule has 0 spiro atoms. The van der Waals surface area contributed by atoms with Crippen LogP contribution >= 0.6 is 0 Å². The topological polar surface area (TPSA) is 84.1 Å². The van der Waals surface area contributed by atoms with E-state index in [4.69, 9.17) is 5.73 Å². The Morgan fingerprint density at radius 2 is 2.17 bits per heavy atom. The second kappa shape index (κ2) is 6.18. The first kappa shape index (κ1) is 14.2. The summed E-state index contributed by atoms with van der Waals surface area (Å²) in [6.07, 6.45) is 2.28. The Morgan fingerprint density at radius 1 is 1.50 bits per heavy atom. The molecule has 1 aromatic rings. The van der Waals surface area contributed by atoms with Gasteiger partial charge in [0.2, 0.25) is 5.91 Å². The Kier molecular flexibility index (Phi) is 4.88. The van der Waals surface area contributed by atoms with Gasteiger partial charge in [-0.3, -0.25) is 4.79 Å². The van der Waals surface area contributed by atoms with Crippen molar-refractivity contribution in [2.24, 2.45) is 5.73 Å². The molecule has 0 saturated heterocycles. The number of anilines is 2. The highest BCUT2D eigenvalue weighted by molar-refractivity contribution is 5.80. The Hall–Kier alpha value is -1.85. The van der Waals surface area contributed by atoms with E-state index in [2.05, 4.69) is 15.3 Å². The summed E-state index contributed by atoms with van der Waals surface area (Å²) in [7, 11) is 1.82. The molecule has 6 heteroatoms. The summed E-state index contributed by atoms with van der Waals surface area (Å²) in [4.78, 5) is 21.5. The Balaban J connectivity index is 3.22. The second-order valence-electron chi connectivity index (χ2n) is 4.32. The monoisotopic (exact) mass is 251 g/mol. The molecule has 0 aliphatic rings. The van der Waals surface area contributed by atoms with Crippen molar-refractivity contribution in [1.82, 2.24) is 9.97 Å². The highest BCUT2D eigenvalue weighted by Gasteiger charge is 2.19. The van der Waals surface area contributed by atoms with Gasteiger partial charge in [0.15, 0.2) is 0 Å². The number of hydrogen-bond donors (Lipinski definition) is 2. The van der Waals surface area contributed by atoms with Crippen molar-refractivity contribution in [3.8, 4) is 0 Å². The van der Waals surface area contributed by atoms with Gasteiger partial charge in [-0.2, -0.15) is 0 Å². The second-order valence-corrected chi connectivity index (χ2v) is 4.32. The lowest BCUT2D eigenvalue weighted by Crippen LogP contribution is -2.39. The largest absolute Gasteiger partial charge is 0.373 e. The van der Waals surface area contributed by atoms with Crippen LogP contribution in [0.5, 0.6) is 0 Å². The van der Waals surface area contributed by atoms with Crippen LogP contribution in [0.3, 0.4) is 0 Å². The van der Waals surface area contributed by atoms with Crippen LogP contribution in [0.1, 0.15) is 26.3 Å². The number of nitrogens with two attached hydrogens (primary N) is 1.